The molecule has 2 aromatic carbocycles. The Kier molecular flexibility index (Phi) is 9.66. The summed E-state index contributed by atoms with van der Waals surface area (Å²) in [5, 5.41) is 23.9. The van der Waals surface area contributed by atoms with Crippen molar-refractivity contribution in [2.75, 3.05) is 26.2 Å². The number of rotatable bonds is 10. The van der Waals surface area contributed by atoms with Crippen LogP contribution in [0.15, 0.2) is 60.7 Å². The van der Waals surface area contributed by atoms with Gasteiger partial charge >= 0.3 is 11.9 Å². The second-order valence-corrected chi connectivity index (χ2v) is 12.9. The number of carbonyl (C=O) groups is 2. The molecule has 14 heteroatoms. The number of aromatic nitrogens is 2. The van der Waals surface area contributed by atoms with E-state index in [0.29, 0.717) is 71.2 Å². The maximum Gasteiger partial charge on any atom is 0.336 e. The molecule has 14 nitrogen and oxygen atoms in total. The summed E-state index contributed by atoms with van der Waals surface area (Å²) >= 11 is 0. The second kappa shape index (κ2) is 14.1. The number of aromatic amines is 2. The van der Waals surface area contributed by atoms with Crippen molar-refractivity contribution in [1.82, 2.24) is 19.8 Å². The molecule has 0 radical (unpaired) electrons. The summed E-state index contributed by atoms with van der Waals surface area (Å²) in [4.78, 5) is 59.3. The van der Waals surface area contributed by atoms with Crippen molar-refractivity contribution in [3.8, 4) is 11.5 Å². The number of non-ortho nitro benzene ring substituents is 2. The van der Waals surface area contributed by atoms with Gasteiger partial charge in [-0.2, -0.15) is 0 Å². The van der Waals surface area contributed by atoms with Gasteiger partial charge in [-0.1, -0.05) is 12.2 Å². The molecule has 4 heterocycles. The predicted molar refractivity (Wildman–Crippen MR) is 189 cm³/mol. The molecule has 6 rings (SSSR count). The lowest BCUT2D eigenvalue weighted by Gasteiger charge is -2.29. The first-order chi connectivity index (χ1) is 23.9. The molecule has 0 fully saturated rings. The third-order valence-corrected chi connectivity index (χ3v) is 9.24. The minimum absolute atomic E-state index is 0.109. The van der Waals surface area contributed by atoms with Crippen LogP contribution >= 0.6 is 0 Å². The maximum atomic E-state index is 13.2. The van der Waals surface area contributed by atoms with Crippen LogP contribution in [0.1, 0.15) is 51.9 Å². The van der Waals surface area contributed by atoms with E-state index in [1.807, 2.05) is 12.2 Å². The van der Waals surface area contributed by atoms with Gasteiger partial charge in [0.25, 0.3) is 11.4 Å². The summed E-state index contributed by atoms with van der Waals surface area (Å²) in [7, 11) is 0. The summed E-state index contributed by atoms with van der Waals surface area (Å²) in [6.07, 6.45) is 7.35. The molecular formula is C36H38N6O8. The molecule has 0 spiro atoms. The Bertz CT molecular complexity index is 1960. The highest BCUT2D eigenvalue weighted by atomic mass is 16.6. The van der Waals surface area contributed by atoms with Crippen LogP contribution in [0.5, 0.6) is 11.5 Å². The van der Waals surface area contributed by atoms with Crippen LogP contribution in [-0.2, 0) is 9.59 Å². The Labute approximate surface area is 287 Å². The van der Waals surface area contributed by atoms with Gasteiger partial charge in [-0.25, -0.2) is 9.59 Å². The first-order valence-electron chi connectivity index (χ1n) is 16.5. The fourth-order valence-electron chi connectivity index (χ4n) is 6.38. The normalized spacial score (nSPS) is 16.0. The number of fused-ring (bicyclic) bond motifs is 2. The Hall–Kier alpha value is -5.60. The van der Waals surface area contributed by atoms with E-state index in [2.05, 4.69) is 47.5 Å². The fourth-order valence-corrected chi connectivity index (χ4v) is 6.38. The number of benzene rings is 2. The van der Waals surface area contributed by atoms with Gasteiger partial charge in [0.15, 0.2) is 11.5 Å². The molecule has 2 aliphatic heterocycles. The number of nitrogens with one attached hydrogen (secondary N) is 2. The fraction of sp³-hybridized carbons (Fsp3) is 0.333. The summed E-state index contributed by atoms with van der Waals surface area (Å²) < 4.78 is 11.6. The lowest BCUT2D eigenvalue weighted by atomic mass is 10.0. The average Bonchev–Trinajstić information content (AvgIpc) is 3.64. The van der Waals surface area contributed by atoms with Crippen LogP contribution in [-0.4, -0.2) is 79.8 Å². The molecule has 2 aliphatic rings. The average molecular weight is 683 g/mol. The van der Waals surface area contributed by atoms with Crippen molar-refractivity contribution in [2.45, 2.75) is 52.6 Å². The zero-order valence-corrected chi connectivity index (χ0v) is 28.2. The van der Waals surface area contributed by atoms with Gasteiger partial charge in [-0.15, -0.1) is 0 Å². The van der Waals surface area contributed by atoms with Crippen LogP contribution in [0.3, 0.4) is 0 Å². The molecule has 260 valence electrons. The van der Waals surface area contributed by atoms with E-state index in [1.54, 1.807) is 0 Å². The number of esters is 2. The van der Waals surface area contributed by atoms with Crippen molar-refractivity contribution in [1.29, 1.82) is 0 Å². The van der Waals surface area contributed by atoms with E-state index in [0.717, 1.165) is 36.4 Å². The number of nitrogens with zero attached hydrogens (tertiary/aromatic N) is 4. The van der Waals surface area contributed by atoms with Crippen molar-refractivity contribution in [2.24, 2.45) is 0 Å². The van der Waals surface area contributed by atoms with E-state index < -0.39 is 21.8 Å². The Balaban J connectivity index is 1.26. The van der Waals surface area contributed by atoms with E-state index in [-0.39, 0.29) is 22.9 Å². The van der Waals surface area contributed by atoms with Crippen molar-refractivity contribution in [3.63, 3.8) is 0 Å². The highest BCUT2D eigenvalue weighted by molar-refractivity contribution is 6.01. The number of ether oxygens (including phenoxy) is 2. The summed E-state index contributed by atoms with van der Waals surface area (Å²) in [5.74, 6) is -1.27. The van der Waals surface area contributed by atoms with E-state index in [4.69, 9.17) is 9.47 Å². The number of nitro benzene ring substituents is 2. The second-order valence-electron chi connectivity index (χ2n) is 12.9. The molecule has 4 aromatic rings. The number of H-pyrrole nitrogens is 2. The van der Waals surface area contributed by atoms with Gasteiger partial charge in [0.1, 0.15) is 0 Å². The highest BCUT2D eigenvalue weighted by Crippen LogP contribution is 2.40. The Morgan fingerprint density at radius 1 is 0.720 bits per heavy atom. The minimum atomic E-state index is -0.846. The maximum absolute atomic E-state index is 13.2. The number of hydrogen-bond donors (Lipinski definition) is 2. The van der Waals surface area contributed by atoms with Crippen LogP contribution < -0.4 is 9.47 Å². The molecule has 0 bridgehead atoms. The summed E-state index contributed by atoms with van der Waals surface area (Å²) in [6.45, 7) is 11.4. The molecule has 0 atom stereocenters. The molecule has 2 N–H and O–H groups in total. The molecule has 50 heavy (non-hydrogen) atoms. The zero-order valence-electron chi connectivity index (χ0n) is 28.2. The molecule has 0 saturated carbocycles. The van der Waals surface area contributed by atoms with Crippen molar-refractivity contribution < 1.29 is 28.9 Å². The van der Waals surface area contributed by atoms with E-state index >= 15 is 0 Å². The smallest absolute Gasteiger partial charge is 0.336 e. The van der Waals surface area contributed by atoms with Crippen LogP contribution in [0.2, 0.25) is 0 Å². The molecule has 0 unspecified atom stereocenters. The van der Waals surface area contributed by atoms with Gasteiger partial charge in [0.05, 0.1) is 32.3 Å². The Morgan fingerprint density at radius 3 is 1.44 bits per heavy atom. The first kappa shape index (κ1) is 34.3. The predicted octanol–water partition coefficient (Wildman–Crippen LogP) is 6.53. The summed E-state index contributed by atoms with van der Waals surface area (Å²) in [5.41, 5.74) is 3.57. The molecule has 0 aliphatic carbocycles. The topological polar surface area (TPSA) is 177 Å². The number of hydrogen-bond acceptors (Lipinski definition) is 10. The van der Waals surface area contributed by atoms with Crippen LogP contribution in [0.25, 0.3) is 33.0 Å². The molecular weight excluding hydrogens is 644 g/mol. The van der Waals surface area contributed by atoms with Crippen LogP contribution in [0.4, 0.5) is 11.4 Å². The van der Waals surface area contributed by atoms with Gasteiger partial charge in [0, 0.05) is 85.5 Å². The Morgan fingerprint density at radius 2 is 1.12 bits per heavy atom. The molecule has 0 saturated heterocycles. The van der Waals surface area contributed by atoms with Crippen LogP contribution in [0, 0.1) is 20.2 Å². The third-order valence-electron chi connectivity index (χ3n) is 9.24. The van der Waals surface area contributed by atoms with Gasteiger partial charge in [-0.05, 0) is 63.8 Å². The minimum Gasteiger partial charge on any atom is -0.420 e. The van der Waals surface area contributed by atoms with E-state index in [9.17, 15) is 29.8 Å². The van der Waals surface area contributed by atoms with Crippen molar-refractivity contribution in [3.05, 3.63) is 92.3 Å². The highest BCUT2D eigenvalue weighted by Gasteiger charge is 2.26. The zero-order chi connectivity index (χ0) is 35.7. The van der Waals surface area contributed by atoms with Gasteiger partial charge < -0.3 is 19.4 Å². The largest absolute Gasteiger partial charge is 0.420 e. The van der Waals surface area contributed by atoms with E-state index in [1.165, 1.54) is 36.4 Å². The SMILES string of the molecule is CC(C)N1CC=C(c2[nH]c3cc([N+](=O)[O-])ccc3c2OC(=O)/C=C\C(=O)Oc2c(C3=CCN(C(C)C)CC3)[nH]c3cc([N+](=O)[O-])ccc23)CC1. The third kappa shape index (κ3) is 7.07. The molecule has 2 aromatic heterocycles. The first-order valence-corrected chi connectivity index (χ1v) is 16.5. The number of carbonyl (C=O) groups excluding carboxylic acids is 2. The van der Waals surface area contributed by atoms with Crippen molar-refractivity contribution >= 4 is 56.3 Å². The quantitative estimate of drug-likeness (QED) is 0.0809. The van der Waals surface area contributed by atoms with Gasteiger partial charge in [0.2, 0.25) is 0 Å². The lowest BCUT2D eigenvalue weighted by Crippen LogP contribution is -2.34. The molecule has 0 amide bonds. The lowest BCUT2D eigenvalue weighted by molar-refractivity contribution is -0.384. The standard InChI is InChI=1S/C36H38N6O8/c1-21(2)39-15-11-23(12-16-39)33-35(27-7-5-25(41(45)46)19-29(27)37-33)49-31(43)9-10-32(44)50-36-28-8-6-26(42(47)48)20-30(28)38-34(36)24-13-17-40(18-14-24)22(3)4/h5-11,13,19-22,37-38H,12,14-18H2,1-4H3/b10-9-. The number of nitro groups is 2. The summed E-state index contributed by atoms with van der Waals surface area (Å²) in [6, 6.07) is 9.24. The van der Waals surface area contributed by atoms with Gasteiger partial charge in [-0.3, -0.25) is 30.0 Å². The monoisotopic (exact) mass is 682 g/mol.